The van der Waals surface area contributed by atoms with Gasteiger partial charge in [-0.05, 0) is 36.9 Å². The van der Waals surface area contributed by atoms with Gasteiger partial charge in [-0.2, -0.15) is 0 Å². The molecule has 0 aliphatic carbocycles. The lowest BCUT2D eigenvalue weighted by molar-refractivity contribution is -0.138. The molecule has 0 saturated carbocycles. The van der Waals surface area contributed by atoms with Gasteiger partial charge in [0.05, 0.1) is 13.7 Å². The number of rotatable bonds is 11. The van der Waals surface area contributed by atoms with Gasteiger partial charge in [-0.15, -0.1) is 0 Å². The van der Waals surface area contributed by atoms with E-state index in [1.165, 1.54) is 0 Å². The fraction of sp³-hybridized carbons (Fsp3) is 0.240. The second kappa shape index (κ2) is 11.0. The van der Waals surface area contributed by atoms with Gasteiger partial charge in [-0.1, -0.05) is 48.5 Å². The number of nitrogens with zero attached hydrogens (tertiary/aromatic N) is 1. The number of carboxylic acid groups (broad SMARTS) is 1. The minimum atomic E-state index is -0.849. The van der Waals surface area contributed by atoms with Gasteiger partial charge in [-0.3, -0.25) is 9.69 Å². The molecule has 0 radical (unpaired) electrons. The Hall–Kier alpha value is -3.51. The van der Waals surface area contributed by atoms with Gasteiger partial charge in [0.25, 0.3) is 0 Å². The molecule has 6 heteroatoms. The van der Waals surface area contributed by atoms with E-state index in [9.17, 15) is 4.79 Å². The zero-order valence-electron chi connectivity index (χ0n) is 17.7. The zero-order chi connectivity index (χ0) is 22.1. The first-order valence-corrected chi connectivity index (χ1v) is 10.1. The van der Waals surface area contributed by atoms with Crippen LogP contribution in [-0.4, -0.2) is 43.2 Å². The fourth-order valence-corrected chi connectivity index (χ4v) is 3.19. The number of likely N-dealkylation sites (N-methyl/N-ethyl adjacent to an activating group) is 1. The van der Waals surface area contributed by atoms with Crippen LogP contribution in [0.1, 0.15) is 18.1 Å². The Kier molecular flexibility index (Phi) is 7.90. The number of aliphatic carboxylic acids is 1. The van der Waals surface area contributed by atoms with Crippen LogP contribution in [0.2, 0.25) is 0 Å². The molecule has 0 fully saturated rings. The largest absolute Gasteiger partial charge is 0.493 e. The summed E-state index contributed by atoms with van der Waals surface area (Å²) in [5.74, 6) is 1.68. The molecule has 31 heavy (non-hydrogen) atoms. The third-order valence-electron chi connectivity index (χ3n) is 4.73. The topological polar surface area (TPSA) is 68.2 Å². The fourth-order valence-electron chi connectivity index (χ4n) is 3.19. The number of para-hydroxylation sites is 1. The quantitative estimate of drug-likeness (QED) is 0.469. The summed E-state index contributed by atoms with van der Waals surface area (Å²) in [5, 5.41) is 8.99. The summed E-state index contributed by atoms with van der Waals surface area (Å²) in [6.45, 7) is 0.569. The van der Waals surface area contributed by atoms with Gasteiger partial charge in [-0.25, -0.2) is 0 Å². The summed E-state index contributed by atoms with van der Waals surface area (Å²) in [4.78, 5) is 12.7. The van der Waals surface area contributed by atoms with Crippen LogP contribution in [0.4, 0.5) is 0 Å². The normalized spacial score (nSPS) is 11.7. The Bertz CT molecular complexity index is 962. The summed E-state index contributed by atoms with van der Waals surface area (Å²) in [5.41, 5.74) is 1.02. The van der Waals surface area contributed by atoms with Crippen molar-refractivity contribution in [3.05, 3.63) is 84.4 Å². The van der Waals surface area contributed by atoms with E-state index in [1.54, 1.807) is 25.1 Å². The minimum Gasteiger partial charge on any atom is -0.493 e. The van der Waals surface area contributed by atoms with Crippen molar-refractivity contribution >= 4 is 5.97 Å². The molecular weight excluding hydrogens is 394 g/mol. The summed E-state index contributed by atoms with van der Waals surface area (Å²) >= 11 is 0. The molecule has 162 valence electrons. The van der Waals surface area contributed by atoms with Crippen molar-refractivity contribution in [2.24, 2.45) is 0 Å². The van der Waals surface area contributed by atoms with Crippen molar-refractivity contribution in [2.45, 2.75) is 12.5 Å². The third kappa shape index (κ3) is 6.76. The van der Waals surface area contributed by atoms with E-state index in [4.69, 9.17) is 19.3 Å². The first kappa shape index (κ1) is 22.2. The van der Waals surface area contributed by atoms with Gasteiger partial charge in [0, 0.05) is 19.0 Å². The van der Waals surface area contributed by atoms with Crippen molar-refractivity contribution in [1.29, 1.82) is 0 Å². The third-order valence-corrected chi connectivity index (χ3v) is 4.73. The van der Waals surface area contributed by atoms with Crippen molar-refractivity contribution in [3.8, 4) is 23.0 Å². The monoisotopic (exact) mass is 421 g/mol. The molecule has 3 rings (SSSR count). The van der Waals surface area contributed by atoms with Crippen LogP contribution >= 0.6 is 0 Å². The van der Waals surface area contributed by atoms with Crippen molar-refractivity contribution < 1.29 is 24.1 Å². The minimum absolute atomic E-state index is 0.0130. The van der Waals surface area contributed by atoms with E-state index in [2.05, 4.69) is 0 Å². The number of carboxylic acids is 1. The van der Waals surface area contributed by atoms with Crippen LogP contribution in [0.5, 0.6) is 23.0 Å². The van der Waals surface area contributed by atoms with Crippen LogP contribution in [-0.2, 0) is 4.79 Å². The lowest BCUT2D eigenvalue weighted by atomic mass is 10.1. The molecule has 0 aliphatic heterocycles. The maximum Gasteiger partial charge on any atom is 0.317 e. The Labute approximate surface area is 182 Å². The van der Waals surface area contributed by atoms with E-state index >= 15 is 0 Å². The average molecular weight is 421 g/mol. The Morgan fingerprint density at radius 2 is 1.61 bits per heavy atom. The van der Waals surface area contributed by atoms with E-state index < -0.39 is 5.97 Å². The Morgan fingerprint density at radius 1 is 0.935 bits per heavy atom. The standard InChI is InChI=1S/C25H27NO5/c1-26(18-25(27)28)16-15-22(19-9-5-3-6-10-19)31-21-13-14-23(24(17-21)29-2)30-20-11-7-4-8-12-20/h3-14,17,22H,15-16,18H2,1-2H3,(H,27,28). The maximum absolute atomic E-state index is 11.0. The van der Waals surface area contributed by atoms with Crippen LogP contribution in [0, 0.1) is 0 Å². The molecule has 0 bridgehead atoms. The second-order valence-corrected chi connectivity index (χ2v) is 7.17. The molecule has 1 unspecified atom stereocenters. The molecule has 6 nitrogen and oxygen atoms in total. The predicted molar refractivity (Wildman–Crippen MR) is 119 cm³/mol. The number of carbonyl (C=O) groups is 1. The highest BCUT2D eigenvalue weighted by molar-refractivity contribution is 5.69. The number of hydrogen-bond acceptors (Lipinski definition) is 5. The highest BCUT2D eigenvalue weighted by Crippen LogP contribution is 2.36. The predicted octanol–water partition coefficient (Wildman–Crippen LogP) is 5.01. The number of ether oxygens (including phenoxy) is 3. The Morgan fingerprint density at radius 3 is 2.26 bits per heavy atom. The highest BCUT2D eigenvalue weighted by atomic mass is 16.5. The summed E-state index contributed by atoms with van der Waals surface area (Å²) in [6.07, 6.45) is 0.404. The molecule has 1 N–H and O–H groups in total. The molecule has 0 heterocycles. The number of methoxy groups -OCH3 is 1. The van der Waals surface area contributed by atoms with Gasteiger partial charge < -0.3 is 19.3 Å². The van der Waals surface area contributed by atoms with Gasteiger partial charge in [0.1, 0.15) is 17.6 Å². The molecule has 3 aromatic rings. The average Bonchev–Trinajstić information content (AvgIpc) is 2.78. The van der Waals surface area contributed by atoms with Crippen molar-refractivity contribution in [1.82, 2.24) is 4.90 Å². The summed E-state index contributed by atoms with van der Waals surface area (Å²) in [7, 11) is 3.38. The first-order chi connectivity index (χ1) is 15.0. The van der Waals surface area contributed by atoms with Crippen molar-refractivity contribution in [2.75, 3.05) is 27.2 Å². The van der Waals surface area contributed by atoms with Crippen LogP contribution in [0.25, 0.3) is 0 Å². The molecule has 0 amide bonds. The molecular formula is C25H27NO5. The SMILES string of the molecule is COc1cc(OC(CCN(C)CC(=O)O)c2ccccc2)ccc1Oc1ccccc1. The molecule has 0 aromatic heterocycles. The summed E-state index contributed by atoms with van der Waals surface area (Å²) < 4.78 is 17.7. The molecule has 3 aromatic carbocycles. The smallest absolute Gasteiger partial charge is 0.317 e. The molecule has 0 spiro atoms. The maximum atomic E-state index is 11.0. The van der Waals surface area contributed by atoms with Crippen LogP contribution in [0.15, 0.2) is 78.9 Å². The second-order valence-electron chi connectivity index (χ2n) is 7.17. The van der Waals surface area contributed by atoms with Gasteiger partial charge in [0.15, 0.2) is 11.5 Å². The zero-order valence-corrected chi connectivity index (χ0v) is 17.7. The molecule has 0 aliphatic rings. The molecule has 1 atom stereocenters. The lowest BCUT2D eigenvalue weighted by Gasteiger charge is -2.23. The number of hydrogen-bond donors (Lipinski definition) is 1. The van der Waals surface area contributed by atoms with E-state index in [1.807, 2.05) is 72.8 Å². The number of benzene rings is 3. The van der Waals surface area contributed by atoms with Gasteiger partial charge in [0.2, 0.25) is 0 Å². The summed E-state index contributed by atoms with van der Waals surface area (Å²) in [6, 6.07) is 24.9. The highest BCUT2D eigenvalue weighted by Gasteiger charge is 2.17. The van der Waals surface area contributed by atoms with E-state index in [0.29, 0.717) is 30.2 Å². The van der Waals surface area contributed by atoms with Crippen LogP contribution in [0.3, 0.4) is 0 Å². The van der Waals surface area contributed by atoms with Crippen molar-refractivity contribution in [3.63, 3.8) is 0 Å². The van der Waals surface area contributed by atoms with Gasteiger partial charge >= 0.3 is 5.97 Å². The van der Waals surface area contributed by atoms with E-state index in [-0.39, 0.29) is 12.6 Å². The van der Waals surface area contributed by atoms with E-state index in [0.717, 1.165) is 11.3 Å². The Balaban J connectivity index is 1.76. The lowest BCUT2D eigenvalue weighted by Crippen LogP contribution is -2.28. The first-order valence-electron chi connectivity index (χ1n) is 10.1. The van der Waals surface area contributed by atoms with Crippen LogP contribution < -0.4 is 14.2 Å². The molecule has 0 saturated heterocycles.